The van der Waals surface area contributed by atoms with Crippen molar-refractivity contribution in [3.63, 3.8) is 0 Å². The predicted molar refractivity (Wildman–Crippen MR) is 74.4 cm³/mol. The molecule has 0 atom stereocenters. The van der Waals surface area contributed by atoms with Crippen LogP contribution >= 0.6 is 0 Å². The summed E-state index contributed by atoms with van der Waals surface area (Å²) in [6.07, 6.45) is 1.43. The van der Waals surface area contributed by atoms with E-state index in [1.807, 2.05) is 0 Å². The molecule has 0 aliphatic rings. The summed E-state index contributed by atoms with van der Waals surface area (Å²) in [5, 5.41) is 13.4. The minimum absolute atomic E-state index is 0.0308. The number of nitrogens with one attached hydrogen (secondary N) is 1. The molecule has 1 aromatic carbocycles. The van der Waals surface area contributed by atoms with Crippen molar-refractivity contribution in [2.75, 3.05) is 11.1 Å². The third kappa shape index (κ3) is 2.72. The highest BCUT2D eigenvalue weighted by Gasteiger charge is 2.18. The minimum atomic E-state index is -0.586. The lowest BCUT2D eigenvalue weighted by Gasteiger charge is -2.07. The summed E-state index contributed by atoms with van der Waals surface area (Å²) >= 11 is 0. The maximum absolute atomic E-state index is 12.0. The van der Waals surface area contributed by atoms with E-state index in [-0.39, 0.29) is 22.8 Å². The van der Waals surface area contributed by atoms with Crippen LogP contribution in [0.25, 0.3) is 0 Å². The molecule has 2 aromatic rings. The van der Waals surface area contributed by atoms with E-state index in [0.717, 1.165) is 5.56 Å². The SMILES string of the molecule is Cc1ccc([N+](=O)[O-])c(NC(=O)c2ncccc2N)c1. The van der Waals surface area contributed by atoms with Crippen LogP contribution in [0.1, 0.15) is 16.1 Å². The van der Waals surface area contributed by atoms with Gasteiger partial charge in [0.25, 0.3) is 11.6 Å². The Kier molecular flexibility index (Phi) is 3.60. The number of anilines is 2. The number of aromatic nitrogens is 1. The molecule has 0 radical (unpaired) electrons. The van der Waals surface area contributed by atoms with E-state index in [0.29, 0.717) is 0 Å². The number of amides is 1. The third-order valence-electron chi connectivity index (χ3n) is 2.65. The molecule has 0 saturated carbocycles. The van der Waals surface area contributed by atoms with Gasteiger partial charge in [-0.3, -0.25) is 14.9 Å². The van der Waals surface area contributed by atoms with Crippen molar-refractivity contribution < 1.29 is 9.72 Å². The molecule has 20 heavy (non-hydrogen) atoms. The zero-order valence-corrected chi connectivity index (χ0v) is 10.7. The average molecular weight is 272 g/mol. The fourth-order valence-corrected chi connectivity index (χ4v) is 1.70. The molecule has 3 N–H and O–H groups in total. The lowest BCUT2D eigenvalue weighted by Crippen LogP contribution is -2.16. The quantitative estimate of drug-likeness (QED) is 0.656. The summed E-state index contributed by atoms with van der Waals surface area (Å²) in [4.78, 5) is 26.3. The van der Waals surface area contributed by atoms with Gasteiger partial charge in [0.2, 0.25) is 0 Å². The lowest BCUT2D eigenvalue weighted by atomic mass is 10.2. The number of hydrogen-bond donors (Lipinski definition) is 2. The smallest absolute Gasteiger partial charge is 0.292 e. The molecule has 1 heterocycles. The fraction of sp³-hybridized carbons (Fsp3) is 0.0769. The van der Waals surface area contributed by atoms with Crippen molar-refractivity contribution in [1.82, 2.24) is 4.98 Å². The Labute approximate surface area is 114 Å². The van der Waals surface area contributed by atoms with Crippen LogP contribution in [-0.2, 0) is 0 Å². The second-order valence-corrected chi connectivity index (χ2v) is 4.17. The molecule has 0 fully saturated rings. The first-order valence-corrected chi connectivity index (χ1v) is 5.76. The van der Waals surface area contributed by atoms with Crippen LogP contribution in [-0.4, -0.2) is 15.8 Å². The second kappa shape index (κ2) is 5.35. The molecule has 2 rings (SSSR count). The number of pyridine rings is 1. The summed E-state index contributed by atoms with van der Waals surface area (Å²) in [6, 6.07) is 7.60. The molecule has 7 nitrogen and oxygen atoms in total. The van der Waals surface area contributed by atoms with Crippen LogP contribution < -0.4 is 11.1 Å². The number of nitrogen functional groups attached to an aromatic ring is 1. The van der Waals surface area contributed by atoms with Crippen molar-refractivity contribution in [3.05, 3.63) is 57.9 Å². The Hall–Kier alpha value is -2.96. The van der Waals surface area contributed by atoms with Gasteiger partial charge in [0.15, 0.2) is 5.69 Å². The van der Waals surface area contributed by atoms with E-state index in [1.54, 1.807) is 19.1 Å². The number of nitrogens with two attached hydrogens (primary N) is 1. The molecule has 0 aliphatic heterocycles. The lowest BCUT2D eigenvalue weighted by molar-refractivity contribution is -0.383. The number of nitro benzene ring substituents is 1. The van der Waals surface area contributed by atoms with Crippen LogP contribution in [0.4, 0.5) is 17.1 Å². The molecule has 0 aliphatic carbocycles. The maximum Gasteiger partial charge on any atom is 0.292 e. The van der Waals surface area contributed by atoms with E-state index in [9.17, 15) is 14.9 Å². The normalized spacial score (nSPS) is 10.1. The van der Waals surface area contributed by atoms with Gasteiger partial charge in [-0.25, -0.2) is 4.98 Å². The zero-order valence-electron chi connectivity index (χ0n) is 10.7. The summed E-state index contributed by atoms with van der Waals surface area (Å²) in [5.74, 6) is -0.586. The number of carbonyl (C=O) groups excluding carboxylic acids is 1. The first kappa shape index (κ1) is 13.5. The third-order valence-corrected chi connectivity index (χ3v) is 2.65. The summed E-state index contributed by atoms with van der Waals surface area (Å²) in [6.45, 7) is 1.77. The Morgan fingerprint density at radius 2 is 2.15 bits per heavy atom. The number of aryl methyl sites for hydroxylation is 1. The molecule has 0 spiro atoms. The van der Waals surface area contributed by atoms with Gasteiger partial charge in [-0.2, -0.15) is 0 Å². The molecular weight excluding hydrogens is 260 g/mol. The highest BCUT2D eigenvalue weighted by atomic mass is 16.6. The molecule has 0 saturated heterocycles. The van der Waals surface area contributed by atoms with Crippen molar-refractivity contribution in [1.29, 1.82) is 0 Å². The topological polar surface area (TPSA) is 111 Å². The molecule has 1 amide bonds. The highest BCUT2D eigenvalue weighted by molar-refractivity contribution is 6.07. The largest absolute Gasteiger partial charge is 0.397 e. The van der Waals surface area contributed by atoms with E-state index in [4.69, 9.17) is 5.73 Å². The Morgan fingerprint density at radius 3 is 2.80 bits per heavy atom. The summed E-state index contributed by atoms with van der Waals surface area (Å²) in [5.41, 5.74) is 6.61. The molecule has 102 valence electrons. The van der Waals surface area contributed by atoms with E-state index in [2.05, 4.69) is 10.3 Å². The molecule has 7 heteroatoms. The number of nitrogens with zero attached hydrogens (tertiary/aromatic N) is 2. The number of benzene rings is 1. The molecule has 1 aromatic heterocycles. The first-order chi connectivity index (χ1) is 9.49. The minimum Gasteiger partial charge on any atom is -0.397 e. The van der Waals surface area contributed by atoms with E-state index in [1.165, 1.54) is 24.4 Å². The molecular formula is C13H12N4O3. The Morgan fingerprint density at radius 1 is 1.40 bits per heavy atom. The van der Waals surface area contributed by atoms with Gasteiger partial charge < -0.3 is 11.1 Å². The Bertz CT molecular complexity index is 685. The number of carbonyl (C=O) groups is 1. The highest BCUT2D eigenvalue weighted by Crippen LogP contribution is 2.26. The van der Waals surface area contributed by atoms with E-state index >= 15 is 0 Å². The Balaban J connectivity index is 2.35. The van der Waals surface area contributed by atoms with Crippen molar-refractivity contribution in [2.24, 2.45) is 0 Å². The van der Waals surface area contributed by atoms with Crippen LogP contribution in [0.3, 0.4) is 0 Å². The zero-order chi connectivity index (χ0) is 14.7. The van der Waals surface area contributed by atoms with Crippen molar-refractivity contribution >= 4 is 23.0 Å². The van der Waals surface area contributed by atoms with Crippen LogP contribution in [0, 0.1) is 17.0 Å². The number of hydrogen-bond acceptors (Lipinski definition) is 5. The second-order valence-electron chi connectivity index (χ2n) is 4.17. The maximum atomic E-state index is 12.0. The molecule has 0 bridgehead atoms. The van der Waals surface area contributed by atoms with Crippen LogP contribution in [0.5, 0.6) is 0 Å². The van der Waals surface area contributed by atoms with Crippen LogP contribution in [0.15, 0.2) is 36.5 Å². The van der Waals surface area contributed by atoms with E-state index < -0.39 is 10.8 Å². The summed E-state index contributed by atoms with van der Waals surface area (Å²) < 4.78 is 0. The van der Waals surface area contributed by atoms with Gasteiger partial charge in [0.05, 0.1) is 10.6 Å². The van der Waals surface area contributed by atoms with Crippen molar-refractivity contribution in [3.8, 4) is 0 Å². The van der Waals surface area contributed by atoms with Gasteiger partial charge >= 0.3 is 0 Å². The summed E-state index contributed by atoms with van der Waals surface area (Å²) in [7, 11) is 0. The monoisotopic (exact) mass is 272 g/mol. The van der Waals surface area contributed by atoms with Crippen LogP contribution in [0.2, 0.25) is 0 Å². The number of rotatable bonds is 3. The standard InChI is InChI=1S/C13H12N4O3/c1-8-4-5-11(17(19)20)10(7-8)16-13(18)12-9(14)3-2-6-15-12/h2-7H,14H2,1H3,(H,16,18). The van der Waals surface area contributed by atoms with Gasteiger partial charge in [-0.15, -0.1) is 0 Å². The van der Waals surface area contributed by atoms with Gasteiger partial charge in [-0.05, 0) is 30.7 Å². The first-order valence-electron chi connectivity index (χ1n) is 5.76. The predicted octanol–water partition coefficient (Wildman–Crippen LogP) is 2.13. The fourth-order valence-electron chi connectivity index (χ4n) is 1.70. The van der Waals surface area contributed by atoms with Gasteiger partial charge in [-0.1, -0.05) is 6.07 Å². The molecule has 0 unspecified atom stereocenters. The van der Waals surface area contributed by atoms with Gasteiger partial charge in [0, 0.05) is 12.3 Å². The number of nitro groups is 1. The van der Waals surface area contributed by atoms with Crippen molar-refractivity contribution in [2.45, 2.75) is 6.92 Å². The average Bonchev–Trinajstić information content (AvgIpc) is 2.38. The van der Waals surface area contributed by atoms with Gasteiger partial charge in [0.1, 0.15) is 5.69 Å².